The summed E-state index contributed by atoms with van der Waals surface area (Å²) in [6.07, 6.45) is -3.83. The Morgan fingerprint density at radius 2 is 2.12 bits per heavy atom. The molecular weight excluding hydrogens is 235 g/mol. The number of halogens is 3. The van der Waals surface area contributed by atoms with E-state index < -0.39 is 11.7 Å². The summed E-state index contributed by atoms with van der Waals surface area (Å²) in [4.78, 5) is 11.8. The van der Waals surface area contributed by atoms with Gasteiger partial charge in [-0.25, -0.2) is 0 Å². The van der Waals surface area contributed by atoms with Crippen molar-refractivity contribution >= 4 is 6.41 Å². The monoisotopic (exact) mass is 245 g/mol. The first-order valence-electron chi connectivity index (χ1n) is 4.94. The fourth-order valence-electron chi connectivity index (χ4n) is 1.81. The van der Waals surface area contributed by atoms with Gasteiger partial charge in [-0.3, -0.25) is 4.79 Å². The fraction of sp³-hybridized carbons (Fsp3) is 0.364. The zero-order valence-electron chi connectivity index (χ0n) is 9.04. The van der Waals surface area contributed by atoms with Gasteiger partial charge in [0, 0.05) is 5.56 Å². The molecule has 1 aromatic carbocycles. The maximum absolute atomic E-state index is 12.6. The highest BCUT2D eigenvalue weighted by Crippen LogP contribution is 2.36. The van der Waals surface area contributed by atoms with Crippen LogP contribution in [-0.4, -0.2) is 18.0 Å². The molecule has 0 radical (unpaired) electrons. The molecule has 0 spiro atoms. The number of hydrogen-bond donors (Lipinski definition) is 0. The molecule has 0 saturated heterocycles. The molecule has 92 valence electrons. The maximum atomic E-state index is 12.6. The van der Waals surface area contributed by atoms with Gasteiger partial charge in [0.15, 0.2) is 6.73 Å². The Hall–Kier alpha value is -1.72. The van der Waals surface area contributed by atoms with Gasteiger partial charge in [-0.05, 0) is 24.6 Å². The molecule has 0 aromatic heterocycles. The van der Waals surface area contributed by atoms with Gasteiger partial charge in [0.1, 0.15) is 5.75 Å². The van der Waals surface area contributed by atoms with Gasteiger partial charge in [-0.2, -0.15) is 13.2 Å². The number of ether oxygens (including phenoxy) is 1. The van der Waals surface area contributed by atoms with Crippen LogP contribution in [0.5, 0.6) is 5.75 Å². The van der Waals surface area contributed by atoms with Gasteiger partial charge in [-0.15, -0.1) is 0 Å². The maximum Gasteiger partial charge on any atom is 0.416 e. The van der Waals surface area contributed by atoms with E-state index in [-0.39, 0.29) is 13.3 Å². The van der Waals surface area contributed by atoms with Crippen molar-refractivity contribution in [2.24, 2.45) is 0 Å². The third-order valence-electron chi connectivity index (χ3n) is 2.58. The lowest BCUT2D eigenvalue weighted by molar-refractivity contribution is -0.137. The van der Waals surface area contributed by atoms with Gasteiger partial charge in [0.05, 0.1) is 12.1 Å². The fourth-order valence-corrected chi connectivity index (χ4v) is 1.81. The van der Waals surface area contributed by atoms with Crippen LogP contribution in [-0.2, 0) is 17.5 Å². The number of alkyl halides is 3. The largest absolute Gasteiger partial charge is 0.472 e. The van der Waals surface area contributed by atoms with Gasteiger partial charge in [0.2, 0.25) is 6.41 Å². The molecule has 1 aromatic rings. The SMILES string of the molecule is Cc1cc(C(F)(F)F)cc2c1OCN(C=O)C2. The number of amides is 1. The van der Waals surface area contributed by atoms with Gasteiger partial charge < -0.3 is 9.64 Å². The number of hydrogen-bond acceptors (Lipinski definition) is 2. The Balaban J connectivity index is 2.45. The van der Waals surface area contributed by atoms with Crippen LogP contribution in [0.25, 0.3) is 0 Å². The Bertz CT molecular complexity index is 457. The number of fused-ring (bicyclic) bond motifs is 1. The van der Waals surface area contributed by atoms with Gasteiger partial charge >= 0.3 is 6.18 Å². The van der Waals surface area contributed by atoms with Crippen LogP contribution in [0.15, 0.2) is 12.1 Å². The quantitative estimate of drug-likeness (QED) is 0.710. The van der Waals surface area contributed by atoms with E-state index in [0.717, 1.165) is 12.1 Å². The highest BCUT2D eigenvalue weighted by molar-refractivity contribution is 5.52. The molecule has 1 amide bonds. The molecule has 0 unspecified atom stereocenters. The lowest BCUT2D eigenvalue weighted by Gasteiger charge is -2.27. The summed E-state index contributed by atoms with van der Waals surface area (Å²) in [5.74, 6) is 0.441. The van der Waals surface area contributed by atoms with Gasteiger partial charge in [-0.1, -0.05) is 0 Å². The molecule has 3 nitrogen and oxygen atoms in total. The molecule has 2 rings (SSSR count). The zero-order valence-corrected chi connectivity index (χ0v) is 9.04. The summed E-state index contributed by atoms with van der Waals surface area (Å²) in [6, 6.07) is 2.08. The summed E-state index contributed by atoms with van der Waals surface area (Å²) in [6.45, 7) is 1.77. The van der Waals surface area contributed by atoms with Crippen LogP contribution in [0, 0.1) is 6.92 Å². The van der Waals surface area contributed by atoms with Crippen molar-refractivity contribution in [3.05, 3.63) is 28.8 Å². The highest BCUT2D eigenvalue weighted by atomic mass is 19.4. The minimum Gasteiger partial charge on any atom is -0.472 e. The Morgan fingerprint density at radius 3 is 2.71 bits per heavy atom. The number of aryl methyl sites for hydroxylation is 1. The molecule has 1 aliphatic rings. The molecule has 1 heterocycles. The van der Waals surface area contributed by atoms with E-state index in [2.05, 4.69) is 0 Å². The van der Waals surface area contributed by atoms with E-state index in [9.17, 15) is 18.0 Å². The zero-order chi connectivity index (χ0) is 12.6. The van der Waals surface area contributed by atoms with Crippen molar-refractivity contribution < 1.29 is 22.7 Å². The Kier molecular flexibility index (Phi) is 2.73. The molecule has 0 N–H and O–H groups in total. The summed E-state index contributed by atoms with van der Waals surface area (Å²) in [5.41, 5.74) is 0.0983. The smallest absolute Gasteiger partial charge is 0.416 e. The molecule has 0 saturated carbocycles. The van der Waals surface area contributed by atoms with Crippen molar-refractivity contribution in [2.75, 3.05) is 6.73 Å². The predicted octanol–water partition coefficient (Wildman–Crippen LogP) is 2.32. The third-order valence-corrected chi connectivity index (χ3v) is 2.58. The van der Waals surface area contributed by atoms with Crippen molar-refractivity contribution in [2.45, 2.75) is 19.6 Å². The lowest BCUT2D eigenvalue weighted by atomic mass is 10.0. The molecule has 0 bridgehead atoms. The van der Waals surface area contributed by atoms with Crippen LogP contribution >= 0.6 is 0 Å². The molecule has 0 atom stereocenters. The summed E-state index contributed by atoms with van der Waals surface area (Å²) in [5, 5.41) is 0. The number of benzene rings is 1. The number of rotatable bonds is 1. The van der Waals surface area contributed by atoms with Crippen LogP contribution in [0.2, 0.25) is 0 Å². The highest BCUT2D eigenvalue weighted by Gasteiger charge is 2.32. The van der Waals surface area contributed by atoms with Gasteiger partial charge in [0.25, 0.3) is 0 Å². The molecule has 0 aliphatic carbocycles. The summed E-state index contributed by atoms with van der Waals surface area (Å²) >= 11 is 0. The van der Waals surface area contributed by atoms with Crippen LogP contribution in [0.4, 0.5) is 13.2 Å². The first kappa shape index (κ1) is 11.8. The average molecular weight is 245 g/mol. The van der Waals surface area contributed by atoms with E-state index in [0.29, 0.717) is 23.3 Å². The normalized spacial score (nSPS) is 15.2. The minimum atomic E-state index is -4.39. The Labute approximate surface area is 95.8 Å². The van der Waals surface area contributed by atoms with E-state index in [4.69, 9.17) is 4.74 Å². The standard InChI is InChI=1S/C11H10F3NO2/c1-7-2-9(11(12,13)14)3-8-4-15(5-16)6-17-10(7)8/h2-3,5H,4,6H2,1H3. The van der Waals surface area contributed by atoms with Crippen molar-refractivity contribution in [3.63, 3.8) is 0 Å². The second kappa shape index (κ2) is 3.94. The van der Waals surface area contributed by atoms with E-state index in [1.54, 1.807) is 6.92 Å². The van der Waals surface area contributed by atoms with Crippen molar-refractivity contribution in [1.82, 2.24) is 4.90 Å². The summed E-state index contributed by atoms with van der Waals surface area (Å²) < 4.78 is 43.0. The third kappa shape index (κ3) is 2.20. The van der Waals surface area contributed by atoms with E-state index in [1.165, 1.54) is 4.90 Å². The molecular formula is C11H10F3NO2. The average Bonchev–Trinajstić information content (AvgIpc) is 2.27. The lowest BCUT2D eigenvalue weighted by Crippen LogP contribution is -2.31. The first-order valence-corrected chi connectivity index (χ1v) is 4.94. The second-order valence-electron chi connectivity index (χ2n) is 3.90. The van der Waals surface area contributed by atoms with Crippen molar-refractivity contribution in [3.8, 4) is 5.75 Å². The van der Waals surface area contributed by atoms with Crippen LogP contribution < -0.4 is 4.74 Å². The van der Waals surface area contributed by atoms with Crippen molar-refractivity contribution in [1.29, 1.82) is 0 Å². The van der Waals surface area contributed by atoms with E-state index in [1.807, 2.05) is 0 Å². The predicted molar refractivity (Wildman–Crippen MR) is 53.3 cm³/mol. The molecule has 17 heavy (non-hydrogen) atoms. The molecule has 0 fully saturated rings. The summed E-state index contributed by atoms with van der Waals surface area (Å²) in [7, 11) is 0. The molecule has 1 aliphatic heterocycles. The first-order chi connectivity index (χ1) is 7.91. The van der Waals surface area contributed by atoms with Crippen LogP contribution in [0.3, 0.4) is 0 Å². The van der Waals surface area contributed by atoms with Crippen LogP contribution in [0.1, 0.15) is 16.7 Å². The van der Waals surface area contributed by atoms with E-state index >= 15 is 0 Å². The Morgan fingerprint density at radius 1 is 1.41 bits per heavy atom. The second-order valence-corrected chi connectivity index (χ2v) is 3.90. The number of carbonyl (C=O) groups excluding carboxylic acids is 1. The number of carbonyl (C=O) groups is 1. The topological polar surface area (TPSA) is 29.5 Å². The molecule has 6 heteroatoms. The minimum absolute atomic E-state index is 0.0721. The number of nitrogens with zero attached hydrogens (tertiary/aromatic N) is 1.